The molecule has 8 heteroatoms. The van der Waals surface area contributed by atoms with Crippen LogP contribution >= 0.6 is 0 Å². The molecule has 29 heavy (non-hydrogen) atoms. The van der Waals surface area contributed by atoms with Crippen molar-refractivity contribution in [2.45, 2.75) is 56.7 Å². The van der Waals surface area contributed by atoms with Gasteiger partial charge >= 0.3 is 0 Å². The van der Waals surface area contributed by atoms with Crippen molar-refractivity contribution in [3.05, 3.63) is 41.5 Å². The molecule has 3 aliphatic rings. The highest BCUT2D eigenvalue weighted by Crippen LogP contribution is 2.46. The molecule has 1 spiro atoms. The van der Waals surface area contributed by atoms with Crippen LogP contribution in [0.25, 0.3) is 0 Å². The van der Waals surface area contributed by atoms with E-state index >= 15 is 0 Å². The lowest BCUT2D eigenvalue weighted by atomic mass is 9.71. The summed E-state index contributed by atoms with van der Waals surface area (Å²) in [6, 6.07) is 5.09. The van der Waals surface area contributed by atoms with Crippen LogP contribution in [0.1, 0.15) is 58.8 Å². The Balaban J connectivity index is 1.36. The summed E-state index contributed by atoms with van der Waals surface area (Å²) in [4.78, 5) is 32.5. The average Bonchev–Trinajstić information content (AvgIpc) is 3.35. The molecule has 2 fully saturated rings. The summed E-state index contributed by atoms with van der Waals surface area (Å²) in [5.41, 5.74) is 13.3. The van der Waals surface area contributed by atoms with Crippen molar-refractivity contribution in [3.63, 3.8) is 0 Å². The molecular weight excluding hydrogens is 368 g/mol. The van der Waals surface area contributed by atoms with E-state index < -0.39 is 0 Å². The molecule has 1 saturated heterocycles. The number of hydrogen-bond acceptors (Lipinski definition) is 5. The summed E-state index contributed by atoms with van der Waals surface area (Å²) in [6.07, 6.45) is 7.38. The number of nitrogens with zero attached hydrogens (tertiary/aromatic N) is 3. The Morgan fingerprint density at radius 3 is 2.72 bits per heavy atom. The highest BCUT2D eigenvalue weighted by atomic mass is 16.2. The number of anilines is 2. The maximum absolute atomic E-state index is 13.3. The quantitative estimate of drug-likeness (QED) is 0.683. The number of amides is 2. The summed E-state index contributed by atoms with van der Waals surface area (Å²) < 4.78 is 2.06. The Labute approximate surface area is 169 Å². The van der Waals surface area contributed by atoms with Crippen molar-refractivity contribution in [1.82, 2.24) is 19.8 Å². The van der Waals surface area contributed by atoms with Crippen molar-refractivity contribution >= 4 is 23.2 Å². The lowest BCUT2D eigenvalue weighted by Crippen LogP contribution is -2.62. The molecule has 2 aliphatic heterocycles. The first-order chi connectivity index (χ1) is 14.0. The summed E-state index contributed by atoms with van der Waals surface area (Å²) >= 11 is 0. The number of nitrogen functional groups attached to an aromatic ring is 2. The van der Waals surface area contributed by atoms with Crippen LogP contribution in [0.4, 0.5) is 11.4 Å². The molecule has 5 N–H and O–H groups in total. The fourth-order valence-corrected chi connectivity index (χ4v) is 5.12. The standard InChI is InChI=1S/C21H26N6O2/c22-14-5-1-4-13(18(14)23)20(29)27-11-7-16(21(27)8-3-9-21)25-19(28)15-12-26-10-2-6-17(26)24-15/h1,4-5,12,16H,2-3,6-11,22-23H2,(H,25,28). The number of aromatic nitrogens is 2. The first-order valence-corrected chi connectivity index (χ1v) is 10.3. The van der Waals surface area contributed by atoms with Gasteiger partial charge in [0, 0.05) is 25.7 Å². The second-order valence-electron chi connectivity index (χ2n) is 8.38. The molecule has 1 aromatic carbocycles. The lowest BCUT2D eigenvalue weighted by molar-refractivity contribution is 0.0260. The molecule has 3 heterocycles. The van der Waals surface area contributed by atoms with E-state index in [-0.39, 0.29) is 23.4 Å². The molecule has 0 radical (unpaired) electrons. The molecule has 1 saturated carbocycles. The fourth-order valence-electron chi connectivity index (χ4n) is 5.12. The molecular formula is C21H26N6O2. The van der Waals surface area contributed by atoms with Gasteiger partial charge in [0.2, 0.25) is 0 Å². The zero-order valence-corrected chi connectivity index (χ0v) is 16.4. The molecule has 1 aromatic heterocycles. The van der Waals surface area contributed by atoms with E-state index in [2.05, 4.69) is 14.9 Å². The zero-order valence-electron chi connectivity index (χ0n) is 16.4. The minimum atomic E-state index is -0.341. The zero-order chi connectivity index (χ0) is 20.2. The molecule has 1 aliphatic carbocycles. The van der Waals surface area contributed by atoms with E-state index in [1.165, 1.54) is 0 Å². The molecule has 0 bridgehead atoms. The van der Waals surface area contributed by atoms with Crippen molar-refractivity contribution in [2.75, 3.05) is 18.0 Å². The number of aryl methyl sites for hydroxylation is 2. The normalized spacial score (nSPS) is 21.8. The third kappa shape index (κ3) is 2.69. The summed E-state index contributed by atoms with van der Waals surface area (Å²) in [5, 5.41) is 3.17. The largest absolute Gasteiger partial charge is 0.397 e. The second kappa shape index (κ2) is 6.50. The number of carbonyl (C=O) groups is 2. The molecule has 5 rings (SSSR count). The minimum Gasteiger partial charge on any atom is -0.397 e. The predicted molar refractivity (Wildman–Crippen MR) is 109 cm³/mol. The van der Waals surface area contributed by atoms with Crippen molar-refractivity contribution in [2.24, 2.45) is 0 Å². The number of likely N-dealkylation sites (tertiary alicyclic amines) is 1. The van der Waals surface area contributed by atoms with Gasteiger partial charge in [0.15, 0.2) is 0 Å². The monoisotopic (exact) mass is 394 g/mol. The van der Waals surface area contributed by atoms with E-state index in [9.17, 15) is 9.59 Å². The van der Waals surface area contributed by atoms with Crippen LogP contribution < -0.4 is 16.8 Å². The first kappa shape index (κ1) is 18.0. The van der Waals surface area contributed by atoms with Crippen LogP contribution in [0, 0.1) is 0 Å². The number of benzene rings is 1. The summed E-state index contributed by atoms with van der Waals surface area (Å²) in [5.74, 6) is 0.724. The molecule has 8 nitrogen and oxygen atoms in total. The van der Waals surface area contributed by atoms with Gasteiger partial charge in [-0.25, -0.2) is 4.98 Å². The second-order valence-corrected chi connectivity index (χ2v) is 8.38. The number of hydrogen-bond donors (Lipinski definition) is 3. The van der Waals surface area contributed by atoms with Crippen LogP contribution in [0.15, 0.2) is 24.4 Å². The Morgan fingerprint density at radius 2 is 2.00 bits per heavy atom. The maximum atomic E-state index is 13.3. The van der Waals surface area contributed by atoms with Gasteiger partial charge in [-0.05, 0) is 44.2 Å². The topological polar surface area (TPSA) is 119 Å². The molecule has 2 amide bonds. The van der Waals surface area contributed by atoms with Gasteiger partial charge in [-0.2, -0.15) is 0 Å². The third-order valence-corrected chi connectivity index (χ3v) is 6.86. The Kier molecular flexibility index (Phi) is 4.04. The van der Waals surface area contributed by atoms with Gasteiger partial charge in [-0.15, -0.1) is 0 Å². The highest BCUT2D eigenvalue weighted by molar-refractivity contribution is 6.02. The van der Waals surface area contributed by atoms with E-state index in [1.54, 1.807) is 18.2 Å². The Hall–Kier alpha value is -3.03. The minimum absolute atomic E-state index is 0.0773. The van der Waals surface area contributed by atoms with Crippen molar-refractivity contribution in [3.8, 4) is 0 Å². The van der Waals surface area contributed by atoms with E-state index in [4.69, 9.17) is 11.5 Å². The summed E-state index contributed by atoms with van der Waals surface area (Å²) in [6.45, 7) is 1.52. The van der Waals surface area contributed by atoms with Crippen LogP contribution in [0.3, 0.4) is 0 Å². The molecule has 1 atom stereocenters. The predicted octanol–water partition coefficient (Wildman–Crippen LogP) is 1.56. The van der Waals surface area contributed by atoms with Crippen LogP contribution in [-0.2, 0) is 13.0 Å². The molecule has 2 aromatic rings. The Morgan fingerprint density at radius 1 is 1.17 bits per heavy atom. The number of imidazole rings is 1. The number of fused-ring (bicyclic) bond motifs is 1. The maximum Gasteiger partial charge on any atom is 0.271 e. The number of carbonyl (C=O) groups excluding carboxylic acids is 2. The number of nitrogens with two attached hydrogens (primary N) is 2. The van der Waals surface area contributed by atoms with Crippen LogP contribution in [0.5, 0.6) is 0 Å². The van der Waals surface area contributed by atoms with Gasteiger partial charge in [-0.1, -0.05) is 6.07 Å². The molecule has 1 unspecified atom stereocenters. The smallest absolute Gasteiger partial charge is 0.271 e. The average molecular weight is 394 g/mol. The summed E-state index contributed by atoms with van der Waals surface area (Å²) in [7, 11) is 0. The number of rotatable bonds is 3. The van der Waals surface area contributed by atoms with Gasteiger partial charge in [-0.3, -0.25) is 9.59 Å². The SMILES string of the molecule is Nc1cccc(C(=O)N2CCC(NC(=O)c3cn4c(n3)CCC4)C23CCC3)c1N. The van der Waals surface area contributed by atoms with Gasteiger partial charge < -0.3 is 26.3 Å². The molecule has 152 valence electrons. The van der Waals surface area contributed by atoms with Gasteiger partial charge in [0.25, 0.3) is 11.8 Å². The van der Waals surface area contributed by atoms with Crippen molar-refractivity contribution in [1.29, 1.82) is 0 Å². The fraction of sp³-hybridized carbons (Fsp3) is 0.476. The van der Waals surface area contributed by atoms with Crippen LogP contribution in [-0.4, -0.2) is 44.4 Å². The van der Waals surface area contributed by atoms with E-state index in [0.717, 1.165) is 50.9 Å². The number of para-hydroxylation sites is 1. The lowest BCUT2D eigenvalue weighted by Gasteiger charge is -2.49. The van der Waals surface area contributed by atoms with Gasteiger partial charge in [0.1, 0.15) is 11.5 Å². The highest BCUT2D eigenvalue weighted by Gasteiger charge is 2.55. The first-order valence-electron chi connectivity index (χ1n) is 10.3. The van der Waals surface area contributed by atoms with Gasteiger partial charge in [0.05, 0.1) is 28.5 Å². The van der Waals surface area contributed by atoms with E-state index in [0.29, 0.717) is 29.2 Å². The third-order valence-electron chi connectivity index (χ3n) is 6.86. The van der Waals surface area contributed by atoms with Crippen molar-refractivity contribution < 1.29 is 9.59 Å². The van der Waals surface area contributed by atoms with Crippen LogP contribution in [0.2, 0.25) is 0 Å². The number of nitrogens with one attached hydrogen (secondary N) is 1. The Bertz CT molecular complexity index is 972. The van der Waals surface area contributed by atoms with E-state index in [1.807, 2.05) is 11.1 Å².